The standard InChI is InChI=1S/C17H34N2O2/c1-3-4-10-13-17(21)18-16-19(2)14-11-8-6-5-7-9-12-15-20/h10,13,20H,3-9,11-12,14-16H2,1-2H3,(H,18,21)/b13-10+. The SMILES string of the molecule is CCC/C=C/C(=O)NCN(C)CCCCCCCCCO. The van der Waals surface area contributed by atoms with Gasteiger partial charge in [-0.05, 0) is 38.9 Å². The zero-order valence-corrected chi connectivity index (χ0v) is 13.9. The molecule has 0 saturated carbocycles. The van der Waals surface area contributed by atoms with Gasteiger partial charge in [0.25, 0.3) is 0 Å². The quantitative estimate of drug-likeness (QED) is 0.294. The summed E-state index contributed by atoms with van der Waals surface area (Å²) in [5.41, 5.74) is 0. The van der Waals surface area contributed by atoms with Crippen LogP contribution in [0.15, 0.2) is 12.2 Å². The highest BCUT2D eigenvalue weighted by Gasteiger charge is 2.00. The summed E-state index contributed by atoms with van der Waals surface area (Å²) in [5, 5.41) is 11.6. The molecule has 0 aliphatic carbocycles. The van der Waals surface area contributed by atoms with E-state index in [1.54, 1.807) is 6.08 Å². The molecular weight excluding hydrogens is 264 g/mol. The van der Waals surface area contributed by atoms with Gasteiger partial charge in [0.15, 0.2) is 0 Å². The van der Waals surface area contributed by atoms with E-state index >= 15 is 0 Å². The molecule has 0 aromatic heterocycles. The van der Waals surface area contributed by atoms with Crippen LogP contribution in [0.3, 0.4) is 0 Å². The van der Waals surface area contributed by atoms with Crippen LogP contribution in [-0.2, 0) is 4.79 Å². The molecule has 0 aromatic rings. The summed E-state index contributed by atoms with van der Waals surface area (Å²) in [6, 6.07) is 0. The van der Waals surface area contributed by atoms with Gasteiger partial charge in [0.05, 0.1) is 6.67 Å². The minimum absolute atomic E-state index is 0.000756. The second-order valence-electron chi connectivity index (χ2n) is 5.67. The maximum atomic E-state index is 11.5. The number of nitrogens with zero attached hydrogens (tertiary/aromatic N) is 1. The van der Waals surface area contributed by atoms with E-state index in [-0.39, 0.29) is 5.91 Å². The van der Waals surface area contributed by atoms with Crippen molar-refractivity contribution in [2.45, 2.75) is 64.7 Å². The van der Waals surface area contributed by atoms with E-state index in [1.165, 1.54) is 32.1 Å². The summed E-state index contributed by atoms with van der Waals surface area (Å²) in [6.07, 6.45) is 13.9. The number of aliphatic hydroxyl groups is 1. The van der Waals surface area contributed by atoms with Crippen LogP contribution in [-0.4, -0.2) is 42.8 Å². The first-order chi connectivity index (χ1) is 10.2. The number of nitrogens with one attached hydrogen (secondary N) is 1. The van der Waals surface area contributed by atoms with Gasteiger partial charge in [-0.25, -0.2) is 0 Å². The van der Waals surface area contributed by atoms with E-state index in [4.69, 9.17) is 5.11 Å². The van der Waals surface area contributed by atoms with Crippen molar-refractivity contribution < 1.29 is 9.90 Å². The van der Waals surface area contributed by atoms with Crippen LogP contribution in [0.4, 0.5) is 0 Å². The summed E-state index contributed by atoms with van der Waals surface area (Å²) >= 11 is 0. The van der Waals surface area contributed by atoms with Gasteiger partial charge in [-0.1, -0.05) is 51.5 Å². The van der Waals surface area contributed by atoms with Gasteiger partial charge in [-0.3, -0.25) is 9.69 Å². The van der Waals surface area contributed by atoms with Gasteiger partial charge in [0, 0.05) is 6.61 Å². The number of unbranched alkanes of at least 4 members (excludes halogenated alkanes) is 7. The highest BCUT2D eigenvalue weighted by Crippen LogP contribution is 2.07. The zero-order valence-electron chi connectivity index (χ0n) is 13.9. The zero-order chi connectivity index (χ0) is 15.8. The van der Waals surface area contributed by atoms with Crippen LogP contribution in [0, 0.1) is 0 Å². The lowest BCUT2D eigenvalue weighted by Crippen LogP contribution is -2.34. The highest BCUT2D eigenvalue weighted by molar-refractivity contribution is 5.87. The molecule has 2 N–H and O–H groups in total. The Balaban J connectivity index is 3.37. The number of aliphatic hydroxyl groups excluding tert-OH is 1. The number of carbonyl (C=O) groups excluding carboxylic acids is 1. The van der Waals surface area contributed by atoms with E-state index in [9.17, 15) is 4.79 Å². The minimum Gasteiger partial charge on any atom is -0.396 e. The molecule has 0 radical (unpaired) electrons. The molecule has 0 saturated heterocycles. The van der Waals surface area contributed by atoms with Crippen LogP contribution >= 0.6 is 0 Å². The summed E-state index contributed by atoms with van der Waals surface area (Å²) in [4.78, 5) is 13.6. The van der Waals surface area contributed by atoms with Crippen molar-refractivity contribution in [3.8, 4) is 0 Å². The Morgan fingerprint density at radius 1 is 1.10 bits per heavy atom. The predicted molar refractivity (Wildman–Crippen MR) is 89.1 cm³/mol. The van der Waals surface area contributed by atoms with Crippen LogP contribution in [0.25, 0.3) is 0 Å². The minimum atomic E-state index is -0.000756. The molecule has 0 spiro atoms. The first kappa shape index (κ1) is 20.1. The molecule has 0 heterocycles. The molecule has 0 aromatic carbocycles. The fourth-order valence-electron chi connectivity index (χ4n) is 2.09. The van der Waals surface area contributed by atoms with Gasteiger partial charge in [0.1, 0.15) is 0 Å². The smallest absolute Gasteiger partial charge is 0.244 e. The molecule has 4 nitrogen and oxygen atoms in total. The van der Waals surface area contributed by atoms with Gasteiger partial charge >= 0.3 is 0 Å². The summed E-state index contributed by atoms with van der Waals surface area (Å²) in [5.74, 6) is -0.000756. The Morgan fingerprint density at radius 3 is 2.33 bits per heavy atom. The second kappa shape index (κ2) is 15.5. The predicted octanol–water partition coefficient (Wildman–Crippen LogP) is 3.07. The molecule has 1 amide bonds. The average Bonchev–Trinajstić information content (AvgIpc) is 2.48. The molecule has 0 aliphatic heterocycles. The van der Waals surface area contributed by atoms with Gasteiger partial charge in [-0.2, -0.15) is 0 Å². The third-order valence-corrected chi connectivity index (χ3v) is 3.45. The molecule has 0 unspecified atom stereocenters. The van der Waals surface area contributed by atoms with Gasteiger partial charge < -0.3 is 10.4 Å². The van der Waals surface area contributed by atoms with E-state index in [0.717, 1.165) is 32.2 Å². The van der Waals surface area contributed by atoms with E-state index in [2.05, 4.69) is 17.1 Å². The Labute approximate surface area is 130 Å². The summed E-state index contributed by atoms with van der Waals surface area (Å²) in [7, 11) is 2.04. The Morgan fingerprint density at radius 2 is 1.71 bits per heavy atom. The van der Waals surface area contributed by atoms with Crippen molar-refractivity contribution in [1.82, 2.24) is 10.2 Å². The molecule has 0 atom stereocenters. The Hall–Kier alpha value is -0.870. The van der Waals surface area contributed by atoms with Crippen LogP contribution < -0.4 is 5.32 Å². The monoisotopic (exact) mass is 298 g/mol. The molecule has 0 fully saturated rings. The summed E-state index contributed by atoms with van der Waals surface area (Å²) in [6.45, 7) is 4.06. The first-order valence-corrected chi connectivity index (χ1v) is 8.44. The van der Waals surface area contributed by atoms with Crippen LogP contribution in [0.1, 0.15) is 64.7 Å². The number of carbonyl (C=O) groups is 1. The molecule has 0 rings (SSSR count). The maximum Gasteiger partial charge on any atom is 0.244 e. The van der Waals surface area contributed by atoms with Crippen molar-refractivity contribution in [3.63, 3.8) is 0 Å². The maximum absolute atomic E-state index is 11.5. The molecule has 0 aliphatic rings. The van der Waals surface area contributed by atoms with Crippen molar-refractivity contribution in [3.05, 3.63) is 12.2 Å². The lowest BCUT2D eigenvalue weighted by Gasteiger charge is -2.16. The third-order valence-electron chi connectivity index (χ3n) is 3.45. The van der Waals surface area contributed by atoms with E-state index in [1.807, 2.05) is 13.1 Å². The van der Waals surface area contributed by atoms with Crippen LogP contribution in [0.2, 0.25) is 0 Å². The number of rotatable bonds is 14. The lowest BCUT2D eigenvalue weighted by atomic mass is 10.1. The van der Waals surface area contributed by atoms with Crippen molar-refractivity contribution >= 4 is 5.91 Å². The number of allylic oxidation sites excluding steroid dienone is 1. The third kappa shape index (κ3) is 15.3. The molecular formula is C17H34N2O2. The number of hydrogen-bond donors (Lipinski definition) is 2. The van der Waals surface area contributed by atoms with E-state index in [0.29, 0.717) is 13.3 Å². The fraction of sp³-hybridized carbons (Fsp3) is 0.824. The molecule has 124 valence electrons. The Bertz CT molecular complexity index is 268. The average molecular weight is 298 g/mol. The molecule has 21 heavy (non-hydrogen) atoms. The van der Waals surface area contributed by atoms with Crippen molar-refractivity contribution in [2.24, 2.45) is 0 Å². The molecule has 4 heteroatoms. The fourth-order valence-corrected chi connectivity index (χ4v) is 2.09. The van der Waals surface area contributed by atoms with Crippen molar-refractivity contribution in [1.29, 1.82) is 0 Å². The largest absolute Gasteiger partial charge is 0.396 e. The Kier molecular flexibility index (Phi) is 14.9. The lowest BCUT2D eigenvalue weighted by molar-refractivity contribution is -0.117. The number of hydrogen-bond acceptors (Lipinski definition) is 3. The van der Waals surface area contributed by atoms with Gasteiger partial charge in [-0.15, -0.1) is 0 Å². The van der Waals surface area contributed by atoms with Crippen LogP contribution in [0.5, 0.6) is 0 Å². The van der Waals surface area contributed by atoms with Gasteiger partial charge in [0.2, 0.25) is 5.91 Å². The second-order valence-corrected chi connectivity index (χ2v) is 5.67. The highest BCUT2D eigenvalue weighted by atomic mass is 16.2. The van der Waals surface area contributed by atoms with Crippen molar-refractivity contribution in [2.75, 3.05) is 26.9 Å². The normalized spacial score (nSPS) is 11.4. The summed E-state index contributed by atoms with van der Waals surface area (Å²) < 4.78 is 0. The topological polar surface area (TPSA) is 52.6 Å². The number of amides is 1. The first-order valence-electron chi connectivity index (χ1n) is 8.44. The van der Waals surface area contributed by atoms with E-state index < -0.39 is 0 Å². The molecule has 0 bridgehead atoms.